The highest BCUT2D eigenvalue weighted by Crippen LogP contribution is 2.36. The summed E-state index contributed by atoms with van der Waals surface area (Å²) in [5.41, 5.74) is 1.73. The molecule has 2 aromatic carbocycles. The molecule has 126 valence electrons. The molecule has 1 heterocycles. The van der Waals surface area contributed by atoms with Crippen LogP contribution in [0.2, 0.25) is 5.02 Å². The molecule has 0 radical (unpaired) electrons. The molecule has 2 nitrogen and oxygen atoms in total. The summed E-state index contributed by atoms with van der Waals surface area (Å²) in [5.74, 6) is 0.922. The van der Waals surface area contributed by atoms with Crippen LogP contribution in [-0.4, -0.2) is 18.3 Å². The summed E-state index contributed by atoms with van der Waals surface area (Å²) in [7, 11) is -0.298. The zero-order valence-corrected chi connectivity index (χ0v) is 16.1. The fourth-order valence-electron chi connectivity index (χ4n) is 2.45. The minimum Gasteiger partial charge on any atom is -0.399 e. The van der Waals surface area contributed by atoms with Crippen LogP contribution in [0.5, 0.6) is 0 Å². The second-order valence-electron chi connectivity index (χ2n) is 7.07. The molecular formula is C19H22BClO2S. The minimum absolute atomic E-state index is 0.298. The van der Waals surface area contributed by atoms with E-state index in [0.29, 0.717) is 0 Å². The van der Waals surface area contributed by atoms with E-state index in [2.05, 4.69) is 52.0 Å². The van der Waals surface area contributed by atoms with Crippen LogP contribution >= 0.6 is 23.4 Å². The predicted octanol–water partition coefficient (Wildman–Crippen LogP) is 4.93. The maximum atomic E-state index is 6.09. The highest BCUT2D eigenvalue weighted by molar-refractivity contribution is 7.98. The van der Waals surface area contributed by atoms with E-state index in [1.807, 2.05) is 24.3 Å². The van der Waals surface area contributed by atoms with Gasteiger partial charge >= 0.3 is 7.12 Å². The minimum atomic E-state index is -0.305. The number of benzene rings is 2. The summed E-state index contributed by atoms with van der Waals surface area (Å²) in [6.07, 6.45) is 0. The fraction of sp³-hybridized carbons (Fsp3) is 0.368. The summed E-state index contributed by atoms with van der Waals surface area (Å²) in [5, 5.41) is 0.770. The quantitative estimate of drug-likeness (QED) is 0.569. The van der Waals surface area contributed by atoms with E-state index >= 15 is 0 Å². The Balaban J connectivity index is 1.63. The summed E-state index contributed by atoms with van der Waals surface area (Å²) >= 11 is 7.71. The van der Waals surface area contributed by atoms with E-state index in [4.69, 9.17) is 20.9 Å². The molecule has 1 saturated heterocycles. The SMILES string of the molecule is CC1(C)OB(c2ccc(CSc3ccc(Cl)cc3)cc2)OC1(C)C. The normalized spacial score (nSPS) is 18.8. The van der Waals surface area contributed by atoms with Crippen LogP contribution in [0.1, 0.15) is 33.3 Å². The third-order valence-corrected chi connectivity index (χ3v) is 6.06. The van der Waals surface area contributed by atoms with Gasteiger partial charge in [-0.05, 0) is 63.0 Å². The Kier molecular flexibility index (Phi) is 5.03. The van der Waals surface area contributed by atoms with Gasteiger partial charge in [-0.3, -0.25) is 0 Å². The van der Waals surface area contributed by atoms with Gasteiger partial charge in [0.2, 0.25) is 0 Å². The standard InChI is InChI=1S/C19H22BClO2S/c1-18(2)19(3,4)23-20(22-18)15-7-5-14(6-8-15)13-24-17-11-9-16(21)10-12-17/h5-12H,13H2,1-4H3. The number of rotatable bonds is 4. The van der Waals surface area contributed by atoms with Crippen LogP contribution in [0.25, 0.3) is 0 Å². The van der Waals surface area contributed by atoms with E-state index in [-0.39, 0.29) is 18.3 Å². The van der Waals surface area contributed by atoms with Crippen molar-refractivity contribution in [3.63, 3.8) is 0 Å². The van der Waals surface area contributed by atoms with Crippen LogP contribution in [-0.2, 0) is 15.1 Å². The molecule has 24 heavy (non-hydrogen) atoms. The van der Waals surface area contributed by atoms with E-state index in [0.717, 1.165) is 16.2 Å². The van der Waals surface area contributed by atoms with Gasteiger partial charge in [0.05, 0.1) is 11.2 Å². The topological polar surface area (TPSA) is 18.5 Å². The van der Waals surface area contributed by atoms with Gasteiger partial charge in [0.1, 0.15) is 0 Å². The first-order chi connectivity index (χ1) is 11.3. The molecule has 0 spiro atoms. The van der Waals surface area contributed by atoms with Gasteiger partial charge in [-0.15, -0.1) is 11.8 Å². The fourth-order valence-corrected chi connectivity index (χ4v) is 3.43. The summed E-state index contributed by atoms with van der Waals surface area (Å²) in [6, 6.07) is 16.4. The summed E-state index contributed by atoms with van der Waals surface area (Å²) in [6.45, 7) is 8.29. The predicted molar refractivity (Wildman–Crippen MR) is 103 cm³/mol. The molecule has 1 aliphatic heterocycles. The lowest BCUT2D eigenvalue weighted by Crippen LogP contribution is -2.41. The highest BCUT2D eigenvalue weighted by atomic mass is 35.5. The number of halogens is 1. The number of hydrogen-bond donors (Lipinski definition) is 0. The molecule has 0 aliphatic carbocycles. The average molecular weight is 361 g/mol. The van der Waals surface area contributed by atoms with Crippen molar-refractivity contribution in [2.45, 2.75) is 49.5 Å². The Morgan fingerprint density at radius 1 is 0.875 bits per heavy atom. The van der Waals surface area contributed by atoms with Crippen LogP contribution in [0.15, 0.2) is 53.4 Å². The molecule has 0 unspecified atom stereocenters. The molecule has 2 aromatic rings. The van der Waals surface area contributed by atoms with E-state index in [1.165, 1.54) is 10.5 Å². The summed E-state index contributed by atoms with van der Waals surface area (Å²) in [4.78, 5) is 1.22. The lowest BCUT2D eigenvalue weighted by molar-refractivity contribution is 0.00578. The van der Waals surface area contributed by atoms with Crippen molar-refractivity contribution in [3.05, 3.63) is 59.1 Å². The Bertz CT molecular complexity index is 682. The van der Waals surface area contributed by atoms with Gasteiger partial charge in [0.15, 0.2) is 0 Å². The second kappa shape index (κ2) is 6.76. The molecule has 1 fully saturated rings. The Labute approximate surface area is 154 Å². The lowest BCUT2D eigenvalue weighted by Gasteiger charge is -2.32. The molecule has 5 heteroatoms. The largest absolute Gasteiger partial charge is 0.494 e. The third kappa shape index (κ3) is 3.83. The van der Waals surface area contributed by atoms with Crippen molar-refractivity contribution < 1.29 is 9.31 Å². The van der Waals surface area contributed by atoms with E-state index in [9.17, 15) is 0 Å². The lowest BCUT2D eigenvalue weighted by atomic mass is 9.79. The molecule has 0 aromatic heterocycles. The highest BCUT2D eigenvalue weighted by Gasteiger charge is 2.51. The first-order valence-electron chi connectivity index (χ1n) is 8.10. The first kappa shape index (κ1) is 17.9. The Morgan fingerprint density at radius 3 is 1.96 bits per heavy atom. The maximum absolute atomic E-state index is 6.09. The van der Waals surface area contributed by atoms with E-state index in [1.54, 1.807) is 11.8 Å². The number of thioether (sulfide) groups is 1. The smallest absolute Gasteiger partial charge is 0.399 e. The van der Waals surface area contributed by atoms with Crippen LogP contribution < -0.4 is 5.46 Å². The van der Waals surface area contributed by atoms with Gasteiger partial charge in [-0.25, -0.2) is 0 Å². The number of hydrogen-bond acceptors (Lipinski definition) is 3. The van der Waals surface area contributed by atoms with Gasteiger partial charge < -0.3 is 9.31 Å². The third-order valence-electron chi connectivity index (χ3n) is 4.72. The van der Waals surface area contributed by atoms with Gasteiger partial charge in [-0.2, -0.15) is 0 Å². The van der Waals surface area contributed by atoms with Crippen molar-refractivity contribution >= 4 is 35.9 Å². The van der Waals surface area contributed by atoms with Crippen LogP contribution in [0, 0.1) is 0 Å². The zero-order valence-electron chi connectivity index (χ0n) is 14.5. The molecule has 0 saturated carbocycles. The van der Waals surface area contributed by atoms with Crippen LogP contribution in [0.3, 0.4) is 0 Å². The van der Waals surface area contributed by atoms with Crippen molar-refractivity contribution in [3.8, 4) is 0 Å². The molecular weight excluding hydrogens is 339 g/mol. The molecule has 0 amide bonds. The van der Waals surface area contributed by atoms with Gasteiger partial charge in [-0.1, -0.05) is 35.9 Å². The zero-order chi connectivity index (χ0) is 17.4. The van der Waals surface area contributed by atoms with Crippen molar-refractivity contribution in [1.29, 1.82) is 0 Å². The van der Waals surface area contributed by atoms with Gasteiger partial charge in [0.25, 0.3) is 0 Å². The molecule has 1 aliphatic rings. The molecule has 0 N–H and O–H groups in total. The monoisotopic (exact) mass is 360 g/mol. The van der Waals surface area contributed by atoms with E-state index < -0.39 is 0 Å². The molecule has 0 atom stereocenters. The molecule has 0 bridgehead atoms. The second-order valence-corrected chi connectivity index (χ2v) is 8.56. The van der Waals surface area contributed by atoms with Crippen molar-refractivity contribution in [2.75, 3.05) is 0 Å². The summed E-state index contributed by atoms with van der Waals surface area (Å²) < 4.78 is 12.2. The maximum Gasteiger partial charge on any atom is 0.494 e. The molecule has 3 rings (SSSR count). The Hall–Kier alpha value is -0.935. The van der Waals surface area contributed by atoms with Crippen molar-refractivity contribution in [2.24, 2.45) is 0 Å². The van der Waals surface area contributed by atoms with Gasteiger partial charge in [0, 0.05) is 15.7 Å². The van der Waals surface area contributed by atoms with Crippen molar-refractivity contribution in [1.82, 2.24) is 0 Å². The average Bonchev–Trinajstić information content (AvgIpc) is 2.75. The first-order valence-corrected chi connectivity index (χ1v) is 9.46. The Morgan fingerprint density at radius 2 is 1.42 bits per heavy atom. The van der Waals surface area contributed by atoms with Crippen LogP contribution in [0.4, 0.5) is 0 Å².